The molecule has 0 aromatic heterocycles. The van der Waals surface area contributed by atoms with Gasteiger partial charge in [0.05, 0.1) is 26.4 Å². The van der Waals surface area contributed by atoms with E-state index in [0.29, 0.717) is 13.0 Å². The molecule has 0 aromatic carbocycles. The van der Waals surface area contributed by atoms with Crippen LogP contribution < -0.4 is 0 Å². The van der Waals surface area contributed by atoms with Crippen molar-refractivity contribution in [2.45, 2.75) is 235 Å². The minimum absolute atomic E-state index is 0.0469. The Morgan fingerprint density at radius 2 is 0.970 bits per heavy atom. The van der Waals surface area contributed by atoms with Crippen molar-refractivity contribution in [3.05, 3.63) is 60.8 Å². The van der Waals surface area contributed by atoms with Gasteiger partial charge in [0.25, 0.3) is 0 Å². The largest absolute Gasteiger partial charge is 0.457 e. The van der Waals surface area contributed by atoms with Crippen LogP contribution in [0.15, 0.2) is 60.8 Å². The lowest BCUT2D eigenvalue weighted by molar-refractivity contribution is -0.332. The number of allylic oxidation sites excluding steroid dienone is 10. The normalized spacial score (nSPS) is 26.6. The Hall–Kier alpha value is -2.31. The summed E-state index contributed by atoms with van der Waals surface area (Å²) >= 11 is 0. The number of carbonyl (C=O) groups excluding carboxylic acids is 1. The van der Waals surface area contributed by atoms with E-state index in [1.165, 1.54) is 57.8 Å². The van der Waals surface area contributed by atoms with Crippen LogP contribution in [0.25, 0.3) is 0 Å². The molecule has 2 aliphatic rings. The first-order valence-electron chi connectivity index (χ1n) is 25.9. The lowest BCUT2D eigenvalue weighted by Crippen LogP contribution is -2.61. The zero-order chi connectivity index (χ0) is 48.7. The molecule has 11 unspecified atom stereocenters. The Kier molecular flexibility index (Phi) is 36.7. The molecule has 2 heterocycles. The smallest absolute Gasteiger partial charge is 0.306 e. The third-order valence-corrected chi connectivity index (χ3v) is 12.0. The van der Waals surface area contributed by atoms with Crippen LogP contribution in [0.3, 0.4) is 0 Å². The Morgan fingerprint density at radius 1 is 0.507 bits per heavy atom. The van der Waals surface area contributed by atoms with Crippen LogP contribution in [-0.4, -0.2) is 142 Å². The van der Waals surface area contributed by atoms with E-state index in [9.17, 15) is 40.5 Å². The van der Waals surface area contributed by atoms with E-state index in [0.717, 1.165) is 83.5 Å². The van der Waals surface area contributed by atoms with Crippen LogP contribution in [0.1, 0.15) is 168 Å². The van der Waals surface area contributed by atoms with Crippen LogP contribution in [0.4, 0.5) is 0 Å². The van der Waals surface area contributed by atoms with Gasteiger partial charge in [-0.2, -0.15) is 0 Å². The van der Waals surface area contributed by atoms with Crippen molar-refractivity contribution in [1.82, 2.24) is 0 Å². The number of aliphatic hydroxyl groups excluding tert-OH is 7. The molecule has 67 heavy (non-hydrogen) atoms. The minimum atomic E-state index is -1.71. The summed E-state index contributed by atoms with van der Waals surface area (Å²) in [6.45, 7) is 3.50. The molecule has 2 aliphatic heterocycles. The molecule has 14 heteroatoms. The molecule has 2 fully saturated rings. The summed E-state index contributed by atoms with van der Waals surface area (Å²) in [5.41, 5.74) is 0. The molecule has 0 saturated carbocycles. The van der Waals surface area contributed by atoms with E-state index in [1.807, 2.05) is 0 Å². The van der Waals surface area contributed by atoms with E-state index in [2.05, 4.69) is 74.6 Å². The lowest BCUT2D eigenvalue weighted by atomic mass is 9.98. The maximum absolute atomic E-state index is 13.0. The first-order chi connectivity index (χ1) is 32.6. The zero-order valence-corrected chi connectivity index (χ0v) is 41.1. The standard InChI is InChI=1S/C53H92O14/c1-3-5-7-9-11-13-15-17-19-21-22-24-26-28-30-32-34-36-45(55)65-42(39-62-37-35-33-31-29-27-25-23-20-18-16-14-12-10-8-6-4-2)40-63-52-51(61)49(59)47(57)44(67-52)41-64-53-50(60)48(58)46(56)43(38-54)66-53/h6,8,11-14,17-20,42-44,46-54,56-61H,3-5,7,9-10,15-16,21-41H2,1-2H3/b8-6-,13-11-,14-12-,19-17-,20-18-. The van der Waals surface area contributed by atoms with Gasteiger partial charge in [0.15, 0.2) is 12.6 Å². The first-order valence-corrected chi connectivity index (χ1v) is 25.9. The third kappa shape index (κ3) is 28.2. The average molecular weight is 953 g/mol. The fraction of sp³-hybridized carbons (Fsp3) is 0.792. The highest BCUT2D eigenvalue weighted by atomic mass is 16.7. The molecular formula is C53H92O14. The fourth-order valence-electron chi connectivity index (χ4n) is 7.80. The molecule has 2 saturated heterocycles. The third-order valence-electron chi connectivity index (χ3n) is 12.0. The van der Waals surface area contributed by atoms with E-state index < -0.39 is 86.7 Å². The summed E-state index contributed by atoms with van der Waals surface area (Å²) < 4.78 is 34.3. The van der Waals surface area contributed by atoms with Gasteiger partial charge >= 0.3 is 5.97 Å². The average Bonchev–Trinajstić information content (AvgIpc) is 3.32. The van der Waals surface area contributed by atoms with Crippen molar-refractivity contribution in [2.24, 2.45) is 0 Å². The highest BCUT2D eigenvalue weighted by molar-refractivity contribution is 5.69. The van der Waals surface area contributed by atoms with Gasteiger partial charge in [-0.25, -0.2) is 0 Å². The number of aliphatic hydroxyl groups is 7. The van der Waals surface area contributed by atoms with Gasteiger partial charge in [-0.1, -0.05) is 145 Å². The molecule has 0 radical (unpaired) electrons. The molecule has 0 amide bonds. The van der Waals surface area contributed by atoms with E-state index >= 15 is 0 Å². The number of hydrogen-bond acceptors (Lipinski definition) is 14. The second-order valence-electron chi connectivity index (χ2n) is 18.0. The van der Waals surface area contributed by atoms with Crippen molar-refractivity contribution in [1.29, 1.82) is 0 Å². The van der Waals surface area contributed by atoms with Crippen molar-refractivity contribution >= 4 is 5.97 Å². The zero-order valence-electron chi connectivity index (χ0n) is 41.1. The van der Waals surface area contributed by atoms with Crippen LogP contribution in [0.2, 0.25) is 0 Å². The topological polar surface area (TPSA) is 214 Å². The van der Waals surface area contributed by atoms with E-state index in [4.69, 9.17) is 28.4 Å². The summed E-state index contributed by atoms with van der Waals surface area (Å²) in [6, 6.07) is 0. The predicted molar refractivity (Wildman–Crippen MR) is 261 cm³/mol. The van der Waals surface area contributed by atoms with Gasteiger partial charge in [0.2, 0.25) is 0 Å². The summed E-state index contributed by atoms with van der Waals surface area (Å²) in [7, 11) is 0. The van der Waals surface area contributed by atoms with Crippen LogP contribution in [0, 0.1) is 0 Å². The second-order valence-corrected chi connectivity index (χ2v) is 18.0. The van der Waals surface area contributed by atoms with Gasteiger partial charge in [0, 0.05) is 13.0 Å². The van der Waals surface area contributed by atoms with E-state index in [1.54, 1.807) is 0 Å². The van der Waals surface area contributed by atoms with Crippen LogP contribution in [-0.2, 0) is 33.2 Å². The van der Waals surface area contributed by atoms with Gasteiger partial charge < -0.3 is 64.2 Å². The summed E-state index contributed by atoms with van der Waals surface area (Å²) in [4.78, 5) is 13.0. The number of unbranched alkanes of at least 4 members (excludes halogenated alkanes) is 16. The molecule has 2 rings (SSSR count). The van der Waals surface area contributed by atoms with Gasteiger partial charge in [0.1, 0.15) is 54.9 Å². The first kappa shape index (κ1) is 60.8. The van der Waals surface area contributed by atoms with Gasteiger partial charge in [-0.15, -0.1) is 0 Å². The molecule has 0 aromatic rings. The van der Waals surface area contributed by atoms with Crippen LogP contribution in [0.5, 0.6) is 0 Å². The Labute approximate surface area is 403 Å². The quantitative estimate of drug-likeness (QED) is 0.0178. The van der Waals surface area contributed by atoms with Gasteiger partial charge in [-0.3, -0.25) is 4.79 Å². The predicted octanol–water partition coefficient (Wildman–Crippen LogP) is 7.74. The minimum Gasteiger partial charge on any atom is -0.457 e. The molecule has 7 N–H and O–H groups in total. The van der Waals surface area contributed by atoms with Crippen molar-refractivity contribution in [3.8, 4) is 0 Å². The summed E-state index contributed by atoms with van der Waals surface area (Å²) in [5.74, 6) is -0.391. The number of ether oxygens (including phenoxy) is 6. The van der Waals surface area contributed by atoms with Crippen molar-refractivity contribution in [2.75, 3.05) is 33.0 Å². The lowest BCUT2D eigenvalue weighted by Gasteiger charge is -2.42. The second kappa shape index (κ2) is 40.4. The van der Waals surface area contributed by atoms with Crippen LogP contribution >= 0.6 is 0 Å². The Morgan fingerprint density at radius 3 is 1.52 bits per heavy atom. The highest BCUT2D eigenvalue weighted by Gasteiger charge is 2.47. The SMILES string of the molecule is CC/C=C\C/C=C\C/C=C\CCCCCCCCOCC(COC1OC(COC2OC(CO)C(O)C(O)C2O)C(O)C(O)C1O)OC(=O)CCCCCCCCC/C=C\C/C=C\CCCCC. The number of rotatable bonds is 40. The molecule has 0 spiro atoms. The molecule has 14 nitrogen and oxygen atoms in total. The summed E-state index contributed by atoms with van der Waals surface area (Å²) in [5, 5.41) is 72.1. The maximum atomic E-state index is 13.0. The monoisotopic (exact) mass is 953 g/mol. The highest BCUT2D eigenvalue weighted by Crippen LogP contribution is 2.26. The Bertz CT molecular complexity index is 1340. The molecule has 11 atom stereocenters. The van der Waals surface area contributed by atoms with Crippen molar-refractivity contribution in [3.63, 3.8) is 0 Å². The fourth-order valence-corrected chi connectivity index (χ4v) is 7.80. The van der Waals surface area contributed by atoms with E-state index in [-0.39, 0.29) is 19.6 Å². The molecule has 0 aliphatic carbocycles. The van der Waals surface area contributed by atoms with Crippen molar-refractivity contribution < 1.29 is 69.0 Å². The number of hydrogen-bond donors (Lipinski definition) is 7. The number of esters is 1. The molecule has 0 bridgehead atoms. The Balaban J connectivity index is 1.78. The molecular weight excluding hydrogens is 861 g/mol. The maximum Gasteiger partial charge on any atom is 0.306 e. The van der Waals surface area contributed by atoms with Gasteiger partial charge in [-0.05, 0) is 77.0 Å². The molecule has 388 valence electrons. The number of carbonyl (C=O) groups is 1. The summed E-state index contributed by atoms with van der Waals surface area (Å²) in [6.07, 6.45) is 31.3.